The number of carboxylic acid groups (broad SMARTS) is 1. The lowest BCUT2D eigenvalue weighted by Gasteiger charge is -2.26. The van der Waals surface area contributed by atoms with Crippen molar-refractivity contribution in [2.75, 3.05) is 5.32 Å². The van der Waals surface area contributed by atoms with Crippen LogP contribution in [-0.4, -0.2) is 38.3 Å². The van der Waals surface area contributed by atoms with Gasteiger partial charge in [0.25, 0.3) is 5.91 Å². The Kier molecular flexibility index (Phi) is 6.43. The number of pyridine rings is 1. The molecule has 10 heteroatoms. The molecular weight excluding hydrogens is 440 g/mol. The van der Waals surface area contributed by atoms with Crippen LogP contribution < -0.4 is 10.1 Å². The van der Waals surface area contributed by atoms with Gasteiger partial charge in [0.15, 0.2) is 0 Å². The van der Waals surface area contributed by atoms with E-state index in [1.54, 1.807) is 24.3 Å². The standard InChI is InChI=1S/C21H19ClN4O4S/c22-15-3-1-2-13(10-15)19-25-26-21(31-19)24-18(27)14-6-9-17(23-11-14)30-16-7-4-12(5-8-16)20(28)29/h1-3,6,9-12,16H,4-5,7-8H2,(H,28,29)(H,24,26,27)/t12-,16+. The Bertz CT molecular complexity index is 1080. The Hall–Kier alpha value is -3.04. The van der Waals surface area contributed by atoms with E-state index in [1.165, 1.54) is 17.5 Å². The number of halogens is 1. The summed E-state index contributed by atoms with van der Waals surface area (Å²) in [5.74, 6) is -0.982. The van der Waals surface area contributed by atoms with Gasteiger partial charge < -0.3 is 9.84 Å². The van der Waals surface area contributed by atoms with Crippen LogP contribution in [0.4, 0.5) is 5.13 Å². The first kappa shape index (κ1) is 21.2. The number of carbonyl (C=O) groups excluding carboxylic acids is 1. The van der Waals surface area contributed by atoms with Gasteiger partial charge in [0.05, 0.1) is 11.5 Å². The average Bonchev–Trinajstić information content (AvgIpc) is 3.23. The van der Waals surface area contributed by atoms with Crippen molar-refractivity contribution in [3.05, 3.63) is 53.2 Å². The third kappa shape index (κ3) is 5.36. The molecule has 1 aliphatic carbocycles. The summed E-state index contributed by atoms with van der Waals surface area (Å²) in [4.78, 5) is 27.7. The van der Waals surface area contributed by atoms with Crippen molar-refractivity contribution in [3.8, 4) is 16.5 Å². The summed E-state index contributed by atoms with van der Waals surface area (Å²) in [6.07, 6.45) is 3.92. The van der Waals surface area contributed by atoms with Gasteiger partial charge in [0.2, 0.25) is 11.0 Å². The molecule has 2 aromatic heterocycles. The van der Waals surface area contributed by atoms with Crippen molar-refractivity contribution in [2.45, 2.75) is 31.8 Å². The number of nitrogens with zero attached hydrogens (tertiary/aromatic N) is 3. The summed E-state index contributed by atoms with van der Waals surface area (Å²) in [7, 11) is 0. The van der Waals surface area contributed by atoms with E-state index in [2.05, 4.69) is 20.5 Å². The van der Waals surface area contributed by atoms with E-state index in [9.17, 15) is 9.59 Å². The highest BCUT2D eigenvalue weighted by molar-refractivity contribution is 7.18. The normalized spacial score (nSPS) is 18.4. The Labute approximate surface area is 187 Å². The van der Waals surface area contributed by atoms with Crippen LogP contribution in [0.2, 0.25) is 5.02 Å². The van der Waals surface area contributed by atoms with Crippen molar-refractivity contribution in [2.24, 2.45) is 5.92 Å². The molecule has 1 aliphatic rings. The fourth-order valence-electron chi connectivity index (χ4n) is 3.36. The number of rotatable bonds is 6. The summed E-state index contributed by atoms with van der Waals surface area (Å²) >= 11 is 7.25. The van der Waals surface area contributed by atoms with Gasteiger partial charge in [0.1, 0.15) is 11.1 Å². The highest BCUT2D eigenvalue weighted by Crippen LogP contribution is 2.29. The smallest absolute Gasteiger partial charge is 0.306 e. The number of nitrogens with one attached hydrogen (secondary N) is 1. The van der Waals surface area contributed by atoms with Crippen molar-refractivity contribution >= 4 is 39.9 Å². The van der Waals surface area contributed by atoms with Crippen LogP contribution in [0.25, 0.3) is 10.6 Å². The average molecular weight is 459 g/mol. The number of ether oxygens (including phenoxy) is 1. The van der Waals surface area contributed by atoms with E-state index in [1.807, 2.05) is 12.1 Å². The van der Waals surface area contributed by atoms with Gasteiger partial charge in [-0.05, 0) is 43.9 Å². The minimum atomic E-state index is -0.748. The highest BCUT2D eigenvalue weighted by Gasteiger charge is 2.27. The molecule has 8 nitrogen and oxygen atoms in total. The number of aliphatic carboxylic acids is 1. The Morgan fingerprint density at radius 1 is 1.13 bits per heavy atom. The summed E-state index contributed by atoms with van der Waals surface area (Å²) in [5, 5.41) is 21.5. The van der Waals surface area contributed by atoms with Crippen LogP contribution in [0.3, 0.4) is 0 Å². The molecule has 3 aromatic rings. The lowest BCUT2D eigenvalue weighted by atomic mass is 9.87. The molecule has 0 saturated heterocycles. The molecule has 2 heterocycles. The van der Waals surface area contributed by atoms with E-state index in [0.29, 0.717) is 52.3 Å². The number of anilines is 1. The van der Waals surface area contributed by atoms with E-state index >= 15 is 0 Å². The molecule has 1 aromatic carbocycles. The van der Waals surface area contributed by atoms with E-state index in [4.69, 9.17) is 21.4 Å². The summed E-state index contributed by atoms with van der Waals surface area (Å²) in [6, 6.07) is 10.5. The zero-order valence-corrected chi connectivity index (χ0v) is 17.9. The van der Waals surface area contributed by atoms with E-state index in [0.717, 1.165) is 5.56 Å². The predicted molar refractivity (Wildman–Crippen MR) is 117 cm³/mol. The monoisotopic (exact) mass is 458 g/mol. The van der Waals surface area contributed by atoms with Gasteiger partial charge in [0, 0.05) is 22.8 Å². The molecule has 0 aliphatic heterocycles. The molecule has 0 spiro atoms. The molecule has 1 fully saturated rings. The predicted octanol–water partition coefficient (Wildman–Crippen LogP) is 4.53. The number of benzene rings is 1. The molecule has 0 unspecified atom stereocenters. The van der Waals surface area contributed by atoms with Crippen LogP contribution >= 0.6 is 22.9 Å². The number of amides is 1. The Morgan fingerprint density at radius 3 is 2.61 bits per heavy atom. The zero-order chi connectivity index (χ0) is 21.8. The molecule has 160 valence electrons. The Balaban J connectivity index is 1.33. The highest BCUT2D eigenvalue weighted by atomic mass is 35.5. The number of carboxylic acids is 1. The molecular formula is C21H19ClN4O4S. The fraction of sp³-hybridized carbons (Fsp3) is 0.286. The molecule has 0 radical (unpaired) electrons. The third-order valence-corrected chi connectivity index (χ3v) is 6.15. The maximum Gasteiger partial charge on any atom is 0.306 e. The second-order valence-electron chi connectivity index (χ2n) is 7.19. The minimum absolute atomic E-state index is 0.0610. The molecule has 0 atom stereocenters. The SMILES string of the molecule is O=C(Nc1nnc(-c2cccc(Cl)c2)s1)c1ccc(O[C@H]2CC[C@@H](C(=O)O)CC2)nc1. The maximum absolute atomic E-state index is 12.5. The molecule has 1 saturated carbocycles. The molecule has 4 rings (SSSR count). The van der Waals surface area contributed by atoms with Crippen LogP contribution in [0.5, 0.6) is 5.88 Å². The summed E-state index contributed by atoms with van der Waals surface area (Å²) in [6.45, 7) is 0. The van der Waals surface area contributed by atoms with Crippen molar-refractivity contribution in [3.63, 3.8) is 0 Å². The first-order valence-electron chi connectivity index (χ1n) is 9.74. The van der Waals surface area contributed by atoms with Crippen molar-refractivity contribution < 1.29 is 19.4 Å². The second kappa shape index (κ2) is 9.40. The lowest BCUT2D eigenvalue weighted by molar-refractivity contribution is -0.143. The van der Waals surface area contributed by atoms with Gasteiger partial charge in [-0.3, -0.25) is 14.9 Å². The van der Waals surface area contributed by atoms with Crippen LogP contribution in [0.1, 0.15) is 36.0 Å². The Morgan fingerprint density at radius 2 is 1.94 bits per heavy atom. The zero-order valence-electron chi connectivity index (χ0n) is 16.3. The number of hydrogen-bond donors (Lipinski definition) is 2. The number of aromatic nitrogens is 3. The van der Waals surface area contributed by atoms with Crippen LogP contribution in [0.15, 0.2) is 42.6 Å². The summed E-state index contributed by atoms with van der Waals surface area (Å²) < 4.78 is 5.83. The quantitative estimate of drug-likeness (QED) is 0.557. The molecule has 1 amide bonds. The lowest BCUT2D eigenvalue weighted by Crippen LogP contribution is -2.28. The van der Waals surface area contributed by atoms with Gasteiger partial charge >= 0.3 is 5.97 Å². The van der Waals surface area contributed by atoms with Crippen molar-refractivity contribution in [1.82, 2.24) is 15.2 Å². The van der Waals surface area contributed by atoms with Crippen LogP contribution in [0, 0.1) is 5.92 Å². The largest absolute Gasteiger partial charge is 0.481 e. The van der Waals surface area contributed by atoms with Gasteiger partial charge in [-0.2, -0.15) is 0 Å². The molecule has 2 N–H and O–H groups in total. The van der Waals surface area contributed by atoms with Crippen molar-refractivity contribution in [1.29, 1.82) is 0 Å². The first-order valence-corrected chi connectivity index (χ1v) is 10.9. The van der Waals surface area contributed by atoms with Crippen LogP contribution in [-0.2, 0) is 4.79 Å². The minimum Gasteiger partial charge on any atom is -0.481 e. The topological polar surface area (TPSA) is 114 Å². The number of hydrogen-bond acceptors (Lipinski definition) is 7. The van der Waals surface area contributed by atoms with Gasteiger partial charge in [-0.15, -0.1) is 10.2 Å². The third-order valence-electron chi connectivity index (χ3n) is 5.03. The summed E-state index contributed by atoms with van der Waals surface area (Å²) in [5.41, 5.74) is 1.19. The molecule has 0 bridgehead atoms. The number of carbonyl (C=O) groups is 2. The second-order valence-corrected chi connectivity index (χ2v) is 8.61. The fourth-order valence-corrected chi connectivity index (χ4v) is 4.29. The van der Waals surface area contributed by atoms with E-state index < -0.39 is 5.97 Å². The van der Waals surface area contributed by atoms with Gasteiger partial charge in [-0.1, -0.05) is 35.1 Å². The maximum atomic E-state index is 12.5. The van der Waals surface area contributed by atoms with Gasteiger partial charge in [-0.25, -0.2) is 4.98 Å². The first-order chi connectivity index (χ1) is 15.0. The van der Waals surface area contributed by atoms with E-state index in [-0.39, 0.29) is 17.9 Å². The molecule has 31 heavy (non-hydrogen) atoms.